The maximum atomic E-state index is 14.0. The lowest BCUT2D eigenvalue weighted by Crippen LogP contribution is -2.56. The summed E-state index contributed by atoms with van der Waals surface area (Å²) in [7, 11) is -1.94. The van der Waals surface area contributed by atoms with Crippen molar-refractivity contribution in [2.45, 2.75) is 88.4 Å². The van der Waals surface area contributed by atoms with E-state index in [2.05, 4.69) is 5.32 Å². The quantitative estimate of drug-likeness (QED) is 0.375. The highest BCUT2D eigenvalue weighted by Gasteiger charge is 2.42. The van der Waals surface area contributed by atoms with Gasteiger partial charge >= 0.3 is 12.3 Å². The Balaban J connectivity index is 1.77. The molecule has 0 fully saturated rings. The van der Waals surface area contributed by atoms with Crippen LogP contribution in [0.15, 0.2) is 60.7 Å². The van der Waals surface area contributed by atoms with Crippen molar-refractivity contribution >= 4 is 22.0 Å². The number of nitrogens with zero attached hydrogens (tertiary/aromatic N) is 2. The van der Waals surface area contributed by atoms with Crippen LogP contribution in [-0.4, -0.2) is 104 Å². The zero-order chi connectivity index (χ0) is 37.6. The first-order chi connectivity index (χ1) is 23.9. The van der Waals surface area contributed by atoms with Crippen LogP contribution in [0.4, 0.5) is 18.0 Å². The van der Waals surface area contributed by atoms with Gasteiger partial charge in [-0.25, -0.2) is 13.2 Å². The number of benzene rings is 2. The Morgan fingerprint density at radius 1 is 1.10 bits per heavy atom. The van der Waals surface area contributed by atoms with Gasteiger partial charge in [-0.2, -0.15) is 17.5 Å². The molecule has 0 saturated carbocycles. The highest BCUT2D eigenvalue weighted by atomic mass is 32.2. The van der Waals surface area contributed by atoms with Crippen LogP contribution < -0.4 is 10.1 Å². The number of rotatable bonds is 7. The maximum Gasteiger partial charge on any atom is 0.410 e. The fourth-order valence-electron chi connectivity index (χ4n) is 6.30. The number of carbonyl (C=O) groups excluding carboxylic acids is 2. The first-order valence-corrected chi connectivity index (χ1v) is 18.4. The number of aliphatic hydroxyl groups excluding tert-OH is 1. The van der Waals surface area contributed by atoms with Gasteiger partial charge in [0.25, 0.3) is 0 Å². The van der Waals surface area contributed by atoms with E-state index in [4.69, 9.17) is 14.2 Å². The van der Waals surface area contributed by atoms with Gasteiger partial charge in [-0.1, -0.05) is 48.6 Å². The summed E-state index contributed by atoms with van der Waals surface area (Å²) in [5, 5.41) is 14.7. The van der Waals surface area contributed by atoms with Gasteiger partial charge in [0.05, 0.1) is 57.2 Å². The Labute approximate surface area is 297 Å². The number of sulfonamides is 1. The lowest BCUT2D eigenvalue weighted by atomic mass is 9.99. The third kappa shape index (κ3) is 11.2. The number of ether oxygens (including phenoxy) is 3. The van der Waals surface area contributed by atoms with Crippen LogP contribution in [-0.2, 0) is 30.7 Å². The number of amides is 2. The minimum Gasteiger partial charge on any atom is -0.497 e. The van der Waals surface area contributed by atoms with Crippen molar-refractivity contribution in [3.63, 3.8) is 0 Å². The Morgan fingerprint density at radius 2 is 1.80 bits per heavy atom. The topological polar surface area (TPSA) is 135 Å². The normalized spacial score (nSPS) is 24.5. The molecule has 0 spiro atoms. The SMILES string of the molecule is COc1ccc2c(c1)[C@@H]1C[C@H]2COC/C=C\C[C@H](N(C)S(=O)(=O)CCC(F)(F)F)C(=O)N[C@@H](Cc2ccccc2)[C@H](O)CN1C(=O)OC(C)(C)C. The molecule has 0 unspecified atom stereocenters. The monoisotopic (exact) mass is 739 g/mol. The van der Waals surface area contributed by atoms with E-state index in [1.165, 1.54) is 4.90 Å². The van der Waals surface area contributed by atoms with Gasteiger partial charge in [0, 0.05) is 13.0 Å². The molecule has 5 atom stereocenters. The summed E-state index contributed by atoms with van der Waals surface area (Å²) in [6, 6.07) is 11.5. The predicted octanol–water partition coefficient (Wildman–Crippen LogP) is 5.11. The molecule has 2 N–H and O–H groups in total. The Kier molecular flexibility index (Phi) is 13.2. The smallest absolute Gasteiger partial charge is 0.410 e. The summed E-state index contributed by atoms with van der Waals surface area (Å²) in [6.07, 6.45) is -4.85. The van der Waals surface area contributed by atoms with Gasteiger partial charge < -0.3 is 24.6 Å². The highest BCUT2D eigenvalue weighted by molar-refractivity contribution is 7.89. The standard InChI is InChI=1S/C36H48F3N3O8S/c1-35(2,3)50-34(45)42-22-32(43)29(19-24-11-7-6-8-12-24)40-33(44)30(41(4)51(46,47)18-16-36(37,38)39)13-9-10-17-49-23-25-20-31(42)28-21-26(48-5)14-15-27(25)28/h6-12,14-15,21,25,29-32,43H,13,16-20,22-23H2,1-5H3,(H,40,44)/b10-9-/t25-,29-,30-,31-,32+/m0/s1. The average molecular weight is 740 g/mol. The molecule has 4 rings (SSSR count). The van der Waals surface area contributed by atoms with Crippen molar-refractivity contribution in [2.75, 3.05) is 39.7 Å². The zero-order valence-electron chi connectivity index (χ0n) is 29.6. The molecule has 51 heavy (non-hydrogen) atoms. The molecule has 0 saturated heterocycles. The van der Waals surface area contributed by atoms with Gasteiger partial charge in [-0.05, 0) is 68.9 Å². The number of likely N-dealkylation sites (N-methyl/N-ethyl adjacent to an activating group) is 1. The number of methoxy groups -OCH3 is 1. The van der Waals surface area contributed by atoms with E-state index in [1.807, 2.05) is 18.2 Å². The fraction of sp³-hybridized carbons (Fsp3) is 0.556. The summed E-state index contributed by atoms with van der Waals surface area (Å²) in [5.74, 6) is -1.63. The number of hydrogen-bond donors (Lipinski definition) is 2. The van der Waals surface area contributed by atoms with Crippen LogP contribution in [0.25, 0.3) is 0 Å². The van der Waals surface area contributed by atoms with Crippen molar-refractivity contribution in [1.82, 2.24) is 14.5 Å². The molecule has 2 aromatic rings. The Bertz CT molecular complexity index is 1630. The number of carbonyl (C=O) groups is 2. The van der Waals surface area contributed by atoms with Crippen molar-refractivity contribution in [1.29, 1.82) is 0 Å². The van der Waals surface area contributed by atoms with E-state index in [9.17, 15) is 36.3 Å². The van der Waals surface area contributed by atoms with E-state index in [0.29, 0.717) is 16.5 Å². The van der Waals surface area contributed by atoms with Crippen LogP contribution in [0.5, 0.6) is 5.75 Å². The summed E-state index contributed by atoms with van der Waals surface area (Å²) >= 11 is 0. The number of halogens is 3. The van der Waals surface area contributed by atoms with Crippen LogP contribution >= 0.6 is 0 Å². The molecule has 1 aliphatic heterocycles. The van der Waals surface area contributed by atoms with Crippen molar-refractivity contribution in [3.8, 4) is 5.75 Å². The molecular weight excluding hydrogens is 691 g/mol. The van der Waals surface area contributed by atoms with Gasteiger partial charge in [-0.3, -0.25) is 9.69 Å². The van der Waals surface area contributed by atoms with E-state index in [0.717, 1.165) is 23.7 Å². The van der Waals surface area contributed by atoms with E-state index >= 15 is 0 Å². The van der Waals surface area contributed by atoms with Crippen molar-refractivity contribution in [3.05, 3.63) is 77.4 Å². The number of hydrogen-bond acceptors (Lipinski definition) is 8. The Hall–Kier alpha value is -3.66. The van der Waals surface area contributed by atoms with Gasteiger partial charge in [0.15, 0.2) is 0 Å². The molecule has 15 heteroatoms. The molecule has 0 radical (unpaired) electrons. The van der Waals surface area contributed by atoms with Crippen molar-refractivity contribution < 1.29 is 50.5 Å². The Morgan fingerprint density at radius 3 is 2.45 bits per heavy atom. The maximum absolute atomic E-state index is 14.0. The molecule has 0 aromatic heterocycles. The first-order valence-electron chi connectivity index (χ1n) is 16.8. The predicted molar refractivity (Wildman–Crippen MR) is 185 cm³/mol. The molecule has 11 nitrogen and oxygen atoms in total. The van der Waals surface area contributed by atoms with Gasteiger partial charge in [0.2, 0.25) is 15.9 Å². The van der Waals surface area contributed by atoms with Crippen LogP contribution in [0.2, 0.25) is 0 Å². The van der Waals surface area contributed by atoms with E-state index in [1.54, 1.807) is 70.4 Å². The molecule has 2 aliphatic rings. The lowest BCUT2D eigenvalue weighted by molar-refractivity contribution is -0.130. The minimum absolute atomic E-state index is 0.0918. The summed E-state index contributed by atoms with van der Waals surface area (Å²) in [4.78, 5) is 29.4. The molecule has 2 bridgehead atoms. The summed E-state index contributed by atoms with van der Waals surface area (Å²) in [6.45, 7) is 5.27. The number of alkyl halides is 3. The number of β-amino-alcohol motifs (C(OH)–C–C–N with tert-alkyl or cyclic N) is 1. The lowest BCUT2D eigenvalue weighted by Gasteiger charge is -2.36. The molecule has 1 heterocycles. The molecule has 2 aromatic carbocycles. The third-order valence-corrected chi connectivity index (χ3v) is 10.8. The second kappa shape index (κ2) is 16.8. The second-order valence-corrected chi connectivity index (χ2v) is 16.1. The molecule has 1 aliphatic carbocycles. The number of aliphatic hydroxyl groups is 1. The van der Waals surface area contributed by atoms with Crippen molar-refractivity contribution in [2.24, 2.45) is 0 Å². The van der Waals surface area contributed by atoms with Crippen LogP contribution in [0.3, 0.4) is 0 Å². The van der Waals surface area contributed by atoms with Crippen LogP contribution in [0.1, 0.15) is 68.7 Å². The number of nitrogens with one attached hydrogen (secondary N) is 1. The summed E-state index contributed by atoms with van der Waals surface area (Å²) < 4.78 is 83.1. The van der Waals surface area contributed by atoms with Gasteiger partial charge in [-0.15, -0.1) is 0 Å². The molecule has 2 amide bonds. The third-order valence-electron chi connectivity index (χ3n) is 8.96. The zero-order valence-corrected chi connectivity index (χ0v) is 30.4. The van der Waals surface area contributed by atoms with E-state index in [-0.39, 0.29) is 38.5 Å². The first kappa shape index (κ1) is 40.1. The summed E-state index contributed by atoms with van der Waals surface area (Å²) in [5.41, 5.74) is 1.60. The highest BCUT2D eigenvalue weighted by Crippen LogP contribution is 2.45. The fourth-order valence-corrected chi connectivity index (χ4v) is 7.65. The van der Waals surface area contributed by atoms with E-state index < -0.39 is 70.2 Å². The largest absolute Gasteiger partial charge is 0.497 e. The number of fused-ring (bicyclic) bond motifs is 5. The molecule has 282 valence electrons. The average Bonchev–Trinajstić information content (AvgIpc) is 3.41. The molecular formula is C36H48F3N3O8S. The second-order valence-electron chi connectivity index (χ2n) is 13.9. The van der Waals surface area contributed by atoms with Gasteiger partial charge in [0.1, 0.15) is 17.4 Å². The minimum atomic E-state index is -4.72. The van der Waals surface area contributed by atoms with Crippen LogP contribution in [0, 0.1) is 0 Å².